The number of carbonyl (C=O) groups is 2. The van der Waals surface area contributed by atoms with Crippen molar-refractivity contribution in [3.05, 3.63) is 0 Å². The minimum absolute atomic E-state index is 0.175. The minimum Gasteiger partial charge on any atom is -0.480 e. The maximum Gasteiger partial charge on any atom is 0.321 e. The highest BCUT2D eigenvalue weighted by Crippen LogP contribution is 2.11. The first-order valence-corrected chi connectivity index (χ1v) is 5.35. The molecule has 0 rings (SSSR count). The first kappa shape index (κ1) is 13.8. The van der Waals surface area contributed by atoms with Gasteiger partial charge in [-0.3, -0.25) is 9.59 Å². The fourth-order valence-electron chi connectivity index (χ4n) is 0.677. The molecule has 0 aliphatic carbocycles. The van der Waals surface area contributed by atoms with Gasteiger partial charge in [0, 0.05) is 5.75 Å². The third kappa shape index (κ3) is 5.99. The fraction of sp³-hybridized carbons (Fsp3) is 0.556. The van der Waals surface area contributed by atoms with Crippen LogP contribution in [0, 0.1) is 12.3 Å². The van der Waals surface area contributed by atoms with E-state index < -0.39 is 12.0 Å². The molecule has 0 unspecified atom stereocenters. The zero-order valence-electron chi connectivity index (χ0n) is 8.40. The molecule has 0 aromatic rings. The largest absolute Gasteiger partial charge is 0.480 e. The van der Waals surface area contributed by atoms with Crippen LogP contribution in [0.3, 0.4) is 0 Å². The average molecular weight is 230 g/mol. The van der Waals surface area contributed by atoms with E-state index in [1.165, 1.54) is 11.8 Å². The zero-order chi connectivity index (χ0) is 11.8. The van der Waals surface area contributed by atoms with Crippen molar-refractivity contribution in [2.75, 3.05) is 12.3 Å². The van der Waals surface area contributed by atoms with Crippen LogP contribution in [0.5, 0.6) is 0 Å². The Kier molecular flexibility index (Phi) is 6.58. The third-order valence-corrected chi connectivity index (χ3v) is 2.84. The molecule has 0 aliphatic heterocycles. The first-order chi connectivity index (χ1) is 6.99. The quantitative estimate of drug-likeness (QED) is 0.523. The van der Waals surface area contributed by atoms with E-state index in [0.717, 1.165) is 0 Å². The lowest BCUT2D eigenvalue weighted by molar-refractivity contribution is -0.138. The molecule has 0 bridgehead atoms. The molecule has 15 heavy (non-hydrogen) atoms. The molecule has 5 nitrogen and oxygen atoms in total. The number of nitrogens with one attached hydrogen (secondary N) is 1. The molecule has 0 radical (unpaired) electrons. The number of rotatable bonds is 6. The van der Waals surface area contributed by atoms with Gasteiger partial charge in [-0.15, -0.1) is 18.2 Å². The molecule has 0 aliphatic rings. The van der Waals surface area contributed by atoms with Crippen LogP contribution in [0.15, 0.2) is 0 Å². The van der Waals surface area contributed by atoms with E-state index in [9.17, 15) is 9.59 Å². The summed E-state index contributed by atoms with van der Waals surface area (Å²) in [7, 11) is 0. The SMILES string of the molecule is C#CCNC(=O)[C@@H](C)SC[C@@H](N)C(=O)O. The Morgan fingerprint density at radius 2 is 2.27 bits per heavy atom. The number of carbonyl (C=O) groups excluding carboxylic acids is 1. The lowest BCUT2D eigenvalue weighted by atomic mass is 10.4. The minimum atomic E-state index is -1.07. The van der Waals surface area contributed by atoms with Crippen LogP contribution < -0.4 is 11.1 Å². The monoisotopic (exact) mass is 230 g/mol. The van der Waals surface area contributed by atoms with E-state index in [4.69, 9.17) is 17.3 Å². The van der Waals surface area contributed by atoms with Crippen molar-refractivity contribution in [2.45, 2.75) is 18.2 Å². The van der Waals surface area contributed by atoms with Crippen molar-refractivity contribution >= 4 is 23.6 Å². The molecule has 6 heteroatoms. The molecule has 1 amide bonds. The van der Waals surface area contributed by atoms with Gasteiger partial charge in [0.2, 0.25) is 5.91 Å². The molecular formula is C9H14N2O3S. The highest BCUT2D eigenvalue weighted by Gasteiger charge is 2.17. The molecule has 0 saturated heterocycles. The molecule has 0 saturated carbocycles. The van der Waals surface area contributed by atoms with Gasteiger partial charge in [0.05, 0.1) is 11.8 Å². The van der Waals surface area contributed by atoms with E-state index in [1.807, 2.05) is 0 Å². The lowest BCUT2D eigenvalue weighted by Crippen LogP contribution is -2.36. The summed E-state index contributed by atoms with van der Waals surface area (Å²) in [5.74, 6) is 1.19. The molecule has 4 N–H and O–H groups in total. The summed E-state index contributed by atoms with van der Waals surface area (Å²) in [5, 5.41) is 10.7. The molecule has 2 atom stereocenters. The van der Waals surface area contributed by atoms with Crippen molar-refractivity contribution < 1.29 is 14.7 Å². The van der Waals surface area contributed by atoms with Crippen LogP contribution >= 0.6 is 11.8 Å². The maximum atomic E-state index is 11.3. The predicted molar refractivity (Wildman–Crippen MR) is 59.4 cm³/mol. The first-order valence-electron chi connectivity index (χ1n) is 4.30. The average Bonchev–Trinajstić information content (AvgIpc) is 2.21. The number of aliphatic carboxylic acids is 1. The van der Waals surface area contributed by atoms with Gasteiger partial charge in [0.25, 0.3) is 0 Å². The van der Waals surface area contributed by atoms with E-state index in [1.54, 1.807) is 6.92 Å². The summed E-state index contributed by atoms with van der Waals surface area (Å²) < 4.78 is 0. The van der Waals surface area contributed by atoms with Gasteiger partial charge in [0.1, 0.15) is 6.04 Å². The van der Waals surface area contributed by atoms with Gasteiger partial charge in [-0.1, -0.05) is 5.92 Å². The molecule has 0 spiro atoms. The van der Waals surface area contributed by atoms with E-state index in [0.29, 0.717) is 0 Å². The molecule has 0 aromatic carbocycles. The predicted octanol–water partition coefficient (Wildman–Crippen LogP) is -0.731. The Labute approximate surface area is 92.8 Å². The van der Waals surface area contributed by atoms with Crippen LogP contribution in [0.4, 0.5) is 0 Å². The number of amides is 1. The van der Waals surface area contributed by atoms with Gasteiger partial charge < -0.3 is 16.2 Å². The van der Waals surface area contributed by atoms with E-state index in [-0.39, 0.29) is 23.5 Å². The summed E-state index contributed by atoms with van der Waals surface area (Å²) >= 11 is 1.18. The van der Waals surface area contributed by atoms with Gasteiger partial charge in [0.15, 0.2) is 0 Å². The number of carboxylic acid groups (broad SMARTS) is 1. The second-order valence-corrected chi connectivity index (χ2v) is 4.22. The normalized spacial score (nSPS) is 13.7. The fourth-order valence-corrected chi connectivity index (χ4v) is 1.55. The molecule has 84 valence electrons. The highest BCUT2D eigenvalue weighted by molar-refractivity contribution is 8.00. The second kappa shape index (κ2) is 7.15. The van der Waals surface area contributed by atoms with Crippen LogP contribution in [-0.2, 0) is 9.59 Å². The Hall–Kier alpha value is -1.19. The molecule has 0 aromatic heterocycles. The van der Waals surface area contributed by atoms with Gasteiger partial charge in [-0.25, -0.2) is 0 Å². The number of hydrogen-bond donors (Lipinski definition) is 3. The topological polar surface area (TPSA) is 92.4 Å². The Morgan fingerprint density at radius 3 is 2.73 bits per heavy atom. The number of hydrogen-bond acceptors (Lipinski definition) is 4. The summed E-state index contributed by atoms with van der Waals surface area (Å²) in [6, 6.07) is -0.946. The molecule has 0 fully saturated rings. The van der Waals surface area contributed by atoms with Crippen molar-refractivity contribution in [3.63, 3.8) is 0 Å². The Bertz CT molecular complexity index is 275. The van der Waals surface area contributed by atoms with Crippen molar-refractivity contribution in [2.24, 2.45) is 5.73 Å². The molecule has 0 heterocycles. The second-order valence-electron chi connectivity index (χ2n) is 2.84. The summed E-state index contributed by atoms with van der Waals surface area (Å²) in [6.45, 7) is 1.85. The van der Waals surface area contributed by atoms with Crippen LogP contribution in [-0.4, -0.2) is 40.6 Å². The number of terminal acetylenes is 1. The highest BCUT2D eigenvalue weighted by atomic mass is 32.2. The van der Waals surface area contributed by atoms with Crippen LogP contribution in [0.2, 0.25) is 0 Å². The van der Waals surface area contributed by atoms with Crippen molar-refractivity contribution in [3.8, 4) is 12.3 Å². The smallest absolute Gasteiger partial charge is 0.321 e. The van der Waals surface area contributed by atoms with E-state index >= 15 is 0 Å². The third-order valence-electron chi connectivity index (χ3n) is 1.58. The molecular weight excluding hydrogens is 216 g/mol. The van der Waals surface area contributed by atoms with Gasteiger partial charge in [-0.05, 0) is 6.92 Å². The van der Waals surface area contributed by atoms with Crippen LogP contribution in [0.1, 0.15) is 6.92 Å². The van der Waals surface area contributed by atoms with E-state index in [2.05, 4.69) is 11.2 Å². The van der Waals surface area contributed by atoms with Crippen LogP contribution in [0.25, 0.3) is 0 Å². The summed E-state index contributed by atoms with van der Waals surface area (Å²) in [5.41, 5.74) is 5.28. The number of thioether (sulfide) groups is 1. The Morgan fingerprint density at radius 1 is 1.67 bits per heavy atom. The summed E-state index contributed by atoms with van der Waals surface area (Å²) in [4.78, 5) is 21.7. The number of carboxylic acids is 1. The maximum absolute atomic E-state index is 11.3. The van der Waals surface area contributed by atoms with Gasteiger partial charge >= 0.3 is 5.97 Å². The number of nitrogens with two attached hydrogens (primary N) is 1. The Balaban J connectivity index is 3.83. The van der Waals surface area contributed by atoms with Crippen molar-refractivity contribution in [1.82, 2.24) is 5.32 Å². The standard InChI is InChI=1S/C9H14N2O3S/c1-3-4-11-8(12)6(2)15-5-7(10)9(13)14/h1,6-7H,4-5,10H2,2H3,(H,11,12)(H,13,14)/t6-,7-/m1/s1. The van der Waals surface area contributed by atoms with Crippen molar-refractivity contribution in [1.29, 1.82) is 0 Å². The zero-order valence-corrected chi connectivity index (χ0v) is 9.21. The van der Waals surface area contributed by atoms with Gasteiger partial charge in [-0.2, -0.15) is 0 Å². The summed E-state index contributed by atoms with van der Waals surface area (Å²) in [6.07, 6.45) is 4.97. The lowest BCUT2D eigenvalue weighted by Gasteiger charge is -2.12.